The summed E-state index contributed by atoms with van der Waals surface area (Å²) in [6.45, 7) is -0.105. The number of ether oxygens (including phenoxy) is 1. The SMILES string of the molecule is [N-]=[N+]=NC[C@H]1O[C@@H](O)[C@H](O)[C@@H]1O. The molecule has 0 bridgehead atoms. The second-order valence-corrected chi connectivity index (χ2v) is 2.46. The predicted molar refractivity (Wildman–Crippen MR) is 36.9 cm³/mol. The van der Waals surface area contributed by atoms with Crippen LogP contribution >= 0.6 is 0 Å². The highest BCUT2D eigenvalue weighted by Crippen LogP contribution is 2.19. The minimum atomic E-state index is -1.40. The highest BCUT2D eigenvalue weighted by Gasteiger charge is 2.41. The second kappa shape index (κ2) is 3.70. The number of hydrogen-bond donors (Lipinski definition) is 3. The third kappa shape index (κ3) is 1.66. The lowest BCUT2D eigenvalue weighted by atomic mass is 10.1. The number of rotatable bonds is 2. The van der Waals surface area contributed by atoms with E-state index in [1.165, 1.54) is 0 Å². The summed E-state index contributed by atoms with van der Waals surface area (Å²) in [7, 11) is 0. The van der Waals surface area contributed by atoms with E-state index in [1.807, 2.05) is 0 Å². The Balaban J connectivity index is 2.52. The molecule has 4 atom stereocenters. The average Bonchev–Trinajstić information content (AvgIpc) is 2.30. The third-order valence-corrected chi connectivity index (χ3v) is 1.66. The molecular formula is C5H9N3O4. The van der Waals surface area contributed by atoms with Crippen LogP contribution in [0.15, 0.2) is 5.11 Å². The standard InChI is InChI=1S/C5H9N3O4/c6-8-7-1-2-3(9)4(10)5(11)12-2/h2-5,9-11H,1H2/t2-,3-,4-,5-/m1/s1. The van der Waals surface area contributed by atoms with Gasteiger partial charge in [-0.05, 0) is 5.53 Å². The first-order valence-corrected chi connectivity index (χ1v) is 3.37. The van der Waals surface area contributed by atoms with Crippen molar-refractivity contribution in [3.05, 3.63) is 10.4 Å². The Labute approximate surface area is 67.8 Å². The van der Waals surface area contributed by atoms with Gasteiger partial charge in [0.2, 0.25) is 0 Å². The van der Waals surface area contributed by atoms with E-state index in [0.717, 1.165) is 0 Å². The summed E-state index contributed by atoms with van der Waals surface area (Å²) < 4.78 is 4.68. The molecule has 1 aliphatic heterocycles. The molecule has 12 heavy (non-hydrogen) atoms. The molecule has 1 saturated heterocycles. The zero-order valence-electron chi connectivity index (χ0n) is 6.11. The fourth-order valence-corrected chi connectivity index (χ4v) is 0.997. The number of aliphatic hydroxyl groups excluding tert-OH is 3. The molecule has 0 aliphatic carbocycles. The minimum absolute atomic E-state index is 0.105. The number of azide groups is 1. The van der Waals surface area contributed by atoms with E-state index >= 15 is 0 Å². The second-order valence-electron chi connectivity index (χ2n) is 2.46. The molecule has 1 fully saturated rings. The van der Waals surface area contributed by atoms with Crippen LogP contribution in [0.1, 0.15) is 0 Å². The molecule has 0 radical (unpaired) electrons. The van der Waals surface area contributed by atoms with E-state index in [4.69, 9.17) is 20.9 Å². The van der Waals surface area contributed by atoms with Crippen LogP contribution in [0.25, 0.3) is 10.4 Å². The maximum Gasteiger partial charge on any atom is 0.183 e. The van der Waals surface area contributed by atoms with E-state index in [0.29, 0.717) is 0 Å². The van der Waals surface area contributed by atoms with Gasteiger partial charge >= 0.3 is 0 Å². The summed E-state index contributed by atoms with van der Waals surface area (Å²) in [5, 5.41) is 30.1. The minimum Gasteiger partial charge on any atom is -0.387 e. The van der Waals surface area contributed by atoms with E-state index < -0.39 is 24.6 Å². The van der Waals surface area contributed by atoms with Gasteiger partial charge in [0.25, 0.3) is 0 Å². The summed E-state index contributed by atoms with van der Waals surface area (Å²) in [6.07, 6.45) is -4.76. The Kier molecular flexibility index (Phi) is 2.85. The molecule has 0 saturated carbocycles. The van der Waals surface area contributed by atoms with Gasteiger partial charge in [-0.25, -0.2) is 0 Å². The molecule has 0 aromatic rings. The van der Waals surface area contributed by atoms with Gasteiger partial charge in [-0.15, -0.1) is 0 Å². The van der Waals surface area contributed by atoms with Crippen molar-refractivity contribution in [1.82, 2.24) is 0 Å². The van der Waals surface area contributed by atoms with Crippen molar-refractivity contribution in [3.63, 3.8) is 0 Å². The molecule has 0 unspecified atom stereocenters. The van der Waals surface area contributed by atoms with E-state index in [9.17, 15) is 0 Å². The Morgan fingerprint density at radius 1 is 1.33 bits per heavy atom. The topological polar surface area (TPSA) is 119 Å². The number of aliphatic hydroxyl groups is 3. The maximum absolute atomic E-state index is 9.14. The lowest BCUT2D eigenvalue weighted by molar-refractivity contribution is -0.125. The van der Waals surface area contributed by atoms with Crippen molar-refractivity contribution in [2.24, 2.45) is 5.11 Å². The first-order valence-electron chi connectivity index (χ1n) is 3.37. The Morgan fingerprint density at radius 2 is 2.00 bits per heavy atom. The Morgan fingerprint density at radius 3 is 2.42 bits per heavy atom. The molecule has 3 N–H and O–H groups in total. The van der Waals surface area contributed by atoms with Gasteiger partial charge in [-0.2, -0.15) is 0 Å². The van der Waals surface area contributed by atoms with Crippen LogP contribution < -0.4 is 0 Å². The molecule has 0 spiro atoms. The van der Waals surface area contributed by atoms with Gasteiger partial charge in [0.05, 0.1) is 12.6 Å². The van der Waals surface area contributed by atoms with Gasteiger partial charge in [0.15, 0.2) is 6.29 Å². The molecule has 7 nitrogen and oxygen atoms in total. The molecule has 7 heteroatoms. The van der Waals surface area contributed by atoms with Crippen LogP contribution in [-0.2, 0) is 4.74 Å². The van der Waals surface area contributed by atoms with Crippen molar-refractivity contribution in [3.8, 4) is 0 Å². The summed E-state index contributed by atoms with van der Waals surface area (Å²) >= 11 is 0. The lowest BCUT2D eigenvalue weighted by Gasteiger charge is -2.10. The van der Waals surface area contributed by atoms with Crippen molar-refractivity contribution >= 4 is 0 Å². The average molecular weight is 175 g/mol. The van der Waals surface area contributed by atoms with Gasteiger partial charge < -0.3 is 20.1 Å². The number of hydrogen-bond acceptors (Lipinski definition) is 5. The molecule has 1 heterocycles. The van der Waals surface area contributed by atoms with Crippen LogP contribution in [0.5, 0.6) is 0 Å². The van der Waals surface area contributed by atoms with Gasteiger partial charge in [-0.1, -0.05) is 5.11 Å². The van der Waals surface area contributed by atoms with Crippen LogP contribution in [0.4, 0.5) is 0 Å². The lowest BCUT2D eigenvalue weighted by Crippen LogP contribution is -2.33. The molecule has 1 rings (SSSR count). The van der Waals surface area contributed by atoms with Crippen LogP contribution in [-0.4, -0.2) is 46.5 Å². The van der Waals surface area contributed by atoms with E-state index in [-0.39, 0.29) is 6.54 Å². The van der Waals surface area contributed by atoms with Crippen LogP contribution in [0.2, 0.25) is 0 Å². The van der Waals surface area contributed by atoms with Crippen molar-refractivity contribution in [2.75, 3.05) is 6.54 Å². The first kappa shape index (κ1) is 9.24. The largest absolute Gasteiger partial charge is 0.387 e. The van der Waals surface area contributed by atoms with Crippen LogP contribution in [0.3, 0.4) is 0 Å². The molecule has 1 aliphatic rings. The molecule has 68 valence electrons. The predicted octanol–water partition coefficient (Wildman–Crippen LogP) is -1.26. The third-order valence-electron chi connectivity index (χ3n) is 1.66. The highest BCUT2D eigenvalue weighted by molar-refractivity contribution is 4.86. The van der Waals surface area contributed by atoms with Crippen molar-refractivity contribution in [1.29, 1.82) is 0 Å². The van der Waals surface area contributed by atoms with Gasteiger partial charge in [0, 0.05) is 4.91 Å². The van der Waals surface area contributed by atoms with Crippen molar-refractivity contribution in [2.45, 2.75) is 24.6 Å². The van der Waals surface area contributed by atoms with Gasteiger partial charge in [0.1, 0.15) is 12.2 Å². The van der Waals surface area contributed by atoms with E-state index in [1.54, 1.807) is 0 Å². The Bertz CT molecular complexity index is 205. The normalized spacial score (nSPS) is 40.9. The fourth-order valence-electron chi connectivity index (χ4n) is 0.997. The maximum atomic E-state index is 9.14. The molecule has 0 aromatic carbocycles. The Hall–Kier alpha value is -0.850. The summed E-state index contributed by atoms with van der Waals surface area (Å²) in [4.78, 5) is 2.45. The zero-order valence-corrected chi connectivity index (χ0v) is 6.11. The number of nitrogens with zero attached hydrogens (tertiary/aromatic N) is 3. The first-order chi connectivity index (χ1) is 5.66. The van der Waals surface area contributed by atoms with Gasteiger partial charge in [-0.3, -0.25) is 0 Å². The zero-order chi connectivity index (χ0) is 9.14. The molecule has 0 aromatic heterocycles. The van der Waals surface area contributed by atoms with Crippen LogP contribution in [0, 0.1) is 0 Å². The molecular weight excluding hydrogens is 166 g/mol. The van der Waals surface area contributed by atoms with E-state index in [2.05, 4.69) is 14.8 Å². The quantitative estimate of drug-likeness (QED) is 0.275. The fraction of sp³-hybridized carbons (Fsp3) is 1.00. The smallest absolute Gasteiger partial charge is 0.183 e. The summed E-state index contributed by atoms with van der Waals surface area (Å²) in [5.74, 6) is 0. The monoisotopic (exact) mass is 175 g/mol. The molecule has 0 amide bonds. The summed E-state index contributed by atoms with van der Waals surface area (Å²) in [5.41, 5.74) is 7.94. The summed E-state index contributed by atoms with van der Waals surface area (Å²) in [6, 6.07) is 0. The highest BCUT2D eigenvalue weighted by atomic mass is 16.6. The van der Waals surface area contributed by atoms with Crippen molar-refractivity contribution < 1.29 is 20.1 Å².